The largest absolute Gasteiger partial charge is 0.310 e. The molecule has 0 aromatic heterocycles. The molecule has 9 rings (SSSR count). The first-order valence-electron chi connectivity index (χ1n) is 23.5. The van der Waals surface area contributed by atoms with Crippen LogP contribution in [-0.4, -0.2) is 0 Å². The van der Waals surface area contributed by atoms with Crippen LogP contribution in [0.3, 0.4) is 0 Å². The van der Waals surface area contributed by atoms with E-state index in [1.54, 1.807) is 0 Å². The molecule has 0 unspecified atom stereocenters. The Morgan fingerprint density at radius 3 is 2.00 bits per heavy atom. The summed E-state index contributed by atoms with van der Waals surface area (Å²) in [7, 11) is 0. The lowest BCUT2D eigenvalue weighted by molar-refractivity contribution is 1.03. The maximum atomic E-state index is 4.33. The van der Waals surface area contributed by atoms with Crippen molar-refractivity contribution in [3.63, 3.8) is 0 Å². The van der Waals surface area contributed by atoms with Crippen molar-refractivity contribution >= 4 is 50.1 Å². The number of anilines is 3. The maximum Gasteiger partial charge on any atom is 0.0468 e. The van der Waals surface area contributed by atoms with Crippen LogP contribution in [0.15, 0.2) is 250 Å². The van der Waals surface area contributed by atoms with Gasteiger partial charge in [0, 0.05) is 17.1 Å². The average molecular weight is 864 g/mol. The lowest BCUT2D eigenvalue weighted by Crippen LogP contribution is -2.12. The SMILES string of the molecule is C=C/C=C(\C1=CCCC=C1)c1ccc(N(c2ccc(/C(=C/C)c3ccccc3C)c(/C(C=C)=C/C=C)c2)c2ccc(-c3cccc4ccccc34)c(-c3ccccc3)c2)cc1C1=CC=CCC1. The molecule has 67 heavy (non-hydrogen) atoms. The molecule has 2 aliphatic rings. The molecule has 7 aromatic rings. The van der Waals surface area contributed by atoms with Gasteiger partial charge in [-0.3, -0.25) is 0 Å². The minimum atomic E-state index is 0.958. The lowest BCUT2D eigenvalue weighted by atomic mass is 9.85. The molecule has 0 saturated carbocycles. The van der Waals surface area contributed by atoms with Gasteiger partial charge in [-0.05, 0) is 170 Å². The van der Waals surface area contributed by atoms with E-state index in [0.717, 1.165) is 70.6 Å². The summed E-state index contributed by atoms with van der Waals surface area (Å²) in [6, 6.07) is 55.7. The number of hydrogen-bond acceptors (Lipinski definition) is 1. The van der Waals surface area contributed by atoms with Gasteiger partial charge < -0.3 is 4.90 Å². The van der Waals surface area contributed by atoms with Crippen LogP contribution in [0.5, 0.6) is 0 Å². The van der Waals surface area contributed by atoms with E-state index in [4.69, 9.17) is 0 Å². The summed E-state index contributed by atoms with van der Waals surface area (Å²) in [4.78, 5) is 2.44. The van der Waals surface area contributed by atoms with E-state index in [1.807, 2.05) is 18.2 Å². The fourth-order valence-corrected chi connectivity index (χ4v) is 9.81. The molecule has 0 atom stereocenters. The van der Waals surface area contributed by atoms with Crippen molar-refractivity contribution in [2.24, 2.45) is 0 Å². The molecule has 0 N–H and O–H groups in total. The molecule has 0 aliphatic heterocycles. The predicted molar refractivity (Wildman–Crippen MR) is 293 cm³/mol. The van der Waals surface area contributed by atoms with Gasteiger partial charge in [0.1, 0.15) is 0 Å². The number of aryl methyl sites for hydroxylation is 1. The lowest BCUT2D eigenvalue weighted by Gasteiger charge is -2.30. The smallest absolute Gasteiger partial charge is 0.0468 e. The van der Waals surface area contributed by atoms with Gasteiger partial charge in [0.25, 0.3) is 0 Å². The minimum absolute atomic E-state index is 0.958. The van der Waals surface area contributed by atoms with E-state index >= 15 is 0 Å². The maximum absolute atomic E-state index is 4.33. The molecule has 0 amide bonds. The van der Waals surface area contributed by atoms with Crippen LogP contribution in [0.1, 0.15) is 66.0 Å². The van der Waals surface area contributed by atoms with Crippen LogP contribution in [0.25, 0.3) is 55.3 Å². The molecule has 1 nitrogen and oxygen atoms in total. The topological polar surface area (TPSA) is 3.24 Å². The molecule has 326 valence electrons. The monoisotopic (exact) mass is 863 g/mol. The average Bonchev–Trinajstić information content (AvgIpc) is 3.39. The van der Waals surface area contributed by atoms with Crippen LogP contribution >= 0.6 is 0 Å². The number of benzene rings is 7. The first-order valence-corrected chi connectivity index (χ1v) is 23.5. The fraction of sp³-hybridized carbons (Fsp3) is 0.0909. The Balaban J connectivity index is 1.33. The second-order valence-corrected chi connectivity index (χ2v) is 17.1. The van der Waals surface area contributed by atoms with E-state index in [0.29, 0.717) is 0 Å². The Morgan fingerprint density at radius 1 is 0.552 bits per heavy atom. The highest BCUT2D eigenvalue weighted by atomic mass is 15.1. The summed E-state index contributed by atoms with van der Waals surface area (Å²) in [6.07, 6.45) is 29.9. The van der Waals surface area contributed by atoms with Crippen LogP contribution in [0, 0.1) is 6.92 Å². The van der Waals surface area contributed by atoms with Crippen LogP contribution in [-0.2, 0) is 0 Å². The van der Waals surface area contributed by atoms with Crippen molar-refractivity contribution in [1.82, 2.24) is 0 Å². The first-order chi connectivity index (χ1) is 33.0. The van der Waals surface area contributed by atoms with Gasteiger partial charge in [0.2, 0.25) is 0 Å². The second kappa shape index (κ2) is 20.4. The minimum Gasteiger partial charge on any atom is -0.310 e. The Kier molecular flexibility index (Phi) is 13.5. The molecule has 2 aliphatic carbocycles. The van der Waals surface area contributed by atoms with Crippen molar-refractivity contribution in [1.29, 1.82) is 0 Å². The van der Waals surface area contributed by atoms with Crippen molar-refractivity contribution in [2.45, 2.75) is 39.5 Å². The molecule has 0 heterocycles. The second-order valence-electron chi connectivity index (χ2n) is 17.1. The Labute approximate surface area is 398 Å². The number of fused-ring (bicyclic) bond motifs is 1. The van der Waals surface area contributed by atoms with Crippen molar-refractivity contribution < 1.29 is 0 Å². The van der Waals surface area contributed by atoms with Gasteiger partial charge in [-0.2, -0.15) is 0 Å². The van der Waals surface area contributed by atoms with Gasteiger partial charge in [0.05, 0.1) is 0 Å². The highest BCUT2D eigenvalue weighted by Gasteiger charge is 2.23. The predicted octanol–water partition coefficient (Wildman–Crippen LogP) is 18.7. The Bertz CT molecular complexity index is 3240. The molecular formula is C66H57N. The quantitative estimate of drug-likeness (QED) is 0.0985. The Morgan fingerprint density at radius 2 is 1.27 bits per heavy atom. The fourth-order valence-electron chi connectivity index (χ4n) is 9.81. The number of rotatable bonds is 14. The first kappa shape index (κ1) is 44.2. The van der Waals surface area contributed by atoms with E-state index in [1.165, 1.54) is 66.4 Å². The third-order valence-corrected chi connectivity index (χ3v) is 13.0. The molecule has 0 bridgehead atoms. The molecule has 0 spiro atoms. The number of hydrogen-bond donors (Lipinski definition) is 0. The summed E-state index contributed by atoms with van der Waals surface area (Å²) in [6.45, 7) is 16.9. The van der Waals surface area contributed by atoms with Crippen molar-refractivity contribution in [3.8, 4) is 22.3 Å². The standard InChI is InChI=1S/C66H57N/c1-6-24-48(8-3)64-44-53(38-41-61(64)56(9-4)57-35-21-19-26-47(57)5)67(54-39-42-62(65(45-54)51-29-15-11-16-30-51)58(25-7-2)49-27-13-10-14-28-49)55-40-43-63(66(46-55)52-31-17-12-18-32-52)60-37-23-34-50-33-20-22-36-59(50)60/h6-9,11-13,15,17-29,31-46H,1-3,10,14,16,30H2,4-5H3/b48-24+,56-9+,58-25+. The molecular weight excluding hydrogens is 807 g/mol. The van der Waals surface area contributed by atoms with E-state index in [2.05, 4.69) is 245 Å². The summed E-state index contributed by atoms with van der Waals surface area (Å²) in [5.74, 6) is 0. The normalized spacial score (nSPS) is 14.1. The number of nitrogens with zero attached hydrogens (tertiary/aromatic N) is 1. The van der Waals surface area contributed by atoms with Crippen LogP contribution < -0.4 is 4.90 Å². The molecule has 1 heteroatoms. The van der Waals surface area contributed by atoms with Crippen LogP contribution in [0.2, 0.25) is 0 Å². The molecule has 0 radical (unpaired) electrons. The Hall–Kier alpha value is -8.00. The summed E-state index contributed by atoms with van der Waals surface area (Å²) in [5.41, 5.74) is 20.8. The molecule has 0 saturated heterocycles. The van der Waals surface area contributed by atoms with E-state index in [-0.39, 0.29) is 0 Å². The molecule has 0 fully saturated rings. The van der Waals surface area contributed by atoms with Gasteiger partial charge in [-0.25, -0.2) is 0 Å². The zero-order chi connectivity index (χ0) is 46.1. The summed E-state index contributed by atoms with van der Waals surface area (Å²) in [5, 5.41) is 2.45. The van der Waals surface area contributed by atoms with Gasteiger partial charge >= 0.3 is 0 Å². The zero-order valence-corrected chi connectivity index (χ0v) is 38.8. The zero-order valence-electron chi connectivity index (χ0n) is 38.8. The van der Waals surface area contributed by atoms with Gasteiger partial charge in [-0.1, -0.05) is 208 Å². The molecule has 7 aromatic carbocycles. The number of allylic oxidation sites excluding steroid dienone is 16. The van der Waals surface area contributed by atoms with Crippen molar-refractivity contribution in [2.75, 3.05) is 4.90 Å². The van der Waals surface area contributed by atoms with Crippen molar-refractivity contribution in [3.05, 3.63) is 283 Å². The highest BCUT2D eigenvalue weighted by Crippen LogP contribution is 2.46. The van der Waals surface area contributed by atoms with E-state index < -0.39 is 0 Å². The van der Waals surface area contributed by atoms with E-state index in [9.17, 15) is 0 Å². The van der Waals surface area contributed by atoms with Crippen LogP contribution in [0.4, 0.5) is 17.1 Å². The summed E-state index contributed by atoms with van der Waals surface area (Å²) < 4.78 is 0. The third-order valence-electron chi connectivity index (χ3n) is 13.0. The highest BCUT2D eigenvalue weighted by molar-refractivity contribution is 6.02. The third kappa shape index (κ3) is 9.15. The van der Waals surface area contributed by atoms with Gasteiger partial charge in [-0.15, -0.1) is 0 Å². The van der Waals surface area contributed by atoms with Gasteiger partial charge in [0.15, 0.2) is 0 Å². The summed E-state index contributed by atoms with van der Waals surface area (Å²) >= 11 is 0.